The van der Waals surface area contributed by atoms with E-state index in [1.165, 1.54) is 38.5 Å². The first-order valence-electron chi connectivity index (χ1n) is 6.92. The molecular formula is C12H29NO3SSn. The third-order valence-corrected chi connectivity index (χ3v) is 11.7. The summed E-state index contributed by atoms with van der Waals surface area (Å²) >= 11 is -0.839. The van der Waals surface area contributed by atoms with Crippen LogP contribution in [0.5, 0.6) is 0 Å². The van der Waals surface area contributed by atoms with Crippen molar-refractivity contribution in [2.75, 3.05) is 0 Å². The Bertz CT molecular complexity index is 231. The van der Waals surface area contributed by atoms with Crippen LogP contribution in [0.2, 0.25) is 13.3 Å². The van der Waals surface area contributed by atoms with Gasteiger partial charge in [0.1, 0.15) is 0 Å². The van der Waals surface area contributed by atoms with Gasteiger partial charge in [0.25, 0.3) is 0 Å². The predicted molar refractivity (Wildman–Crippen MR) is 78.8 cm³/mol. The summed E-state index contributed by atoms with van der Waals surface area (Å²) < 4.78 is 31.6. The molecule has 0 fully saturated rings. The Hall–Kier alpha value is 0.669. The van der Waals surface area contributed by atoms with Crippen LogP contribution in [0.15, 0.2) is 0 Å². The molecule has 0 aromatic carbocycles. The zero-order valence-corrected chi connectivity index (χ0v) is 15.7. The molecule has 0 bridgehead atoms. The van der Waals surface area contributed by atoms with Crippen molar-refractivity contribution in [3.63, 3.8) is 0 Å². The average Bonchev–Trinajstić information content (AvgIpc) is 2.26. The number of hydrogen-bond acceptors (Lipinski definition) is 3. The molecule has 0 aliphatic rings. The van der Waals surface area contributed by atoms with Crippen LogP contribution >= 0.6 is 0 Å². The van der Waals surface area contributed by atoms with Gasteiger partial charge in [-0.1, -0.05) is 0 Å². The quantitative estimate of drug-likeness (QED) is 0.488. The molecule has 0 saturated carbocycles. The molecule has 18 heavy (non-hydrogen) atoms. The summed E-state index contributed by atoms with van der Waals surface area (Å²) in [6.07, 6.45) is 8.85. The summed E-state index contributed by atoms with van der Waals surface area (Å²) in [5.41, 5.74) is 0. The van der Waals surface area contributed by atoms with Crippen LogP contribution in [0.25, 0.3) is 0 Å². The molecule has 0 spiro atoms. The van der Waals surface area contributed by atoms with Crippen LogP contribution in [0.3, 0.4) is 0 Å². The van der Waals surface area contributed by atoms with Crippen molar-refractivity contribution in [1.82, 2.24) is 0 Å². The summed E-state index contributed by atoms with van der Waals surface area (Å²) in [5.74, 6) is 0. The van der Waals surface area contributed by atoms with E-state index in [0.717, 1.165) is 0 Å². The predicted octanol–water partition coefficient (Wildman–Crippen LogP) is 3.29. The van der Waals surface area contributed by atoms with Gasteiger partial charge in [-0.2, -0.15) is 0 Å². The van der Waals surface area contributed by atoms with E-state index < -0.39 is 30.1 Å². The normalized spacial score (nSPS) is 10.7. The molecule has 0 aliphatic carbocycles. The van der Waals surface area contributed by atoms with Gasteiger partial charge in [-0.3, -0.25) is 0 Å². The van der Waals surface area contributed by atoms with Crippen LogP contribution in [-0.4, -0.2) is 32.7 Å². The molecular weight excluding hydrogens is 357 g/mol. The number of nitrogens with two attached hydrogens (primary N) is 1. The summed E-state index contributed by atoms with van der Waals surface area (Å²) in [4.78, 5) is 0. The Morgan fingerprint density at radius 3 is 1.28 bits per heavy atom. The number of rotatable bonds is 9. The van der Waals surface area contributed by atoms with E-state index in [-0.39, 0.29) is 0 Å². The molecule has 0 atom stereocenters. The molecule has 4 nitrogen and oxygen atoms in total. The summed E-state index contributed by atoms with van der Waals surface area (Å²) in [7, 11) is -4.42. The third-order valence-electron chi connectivity index (χ3n) is 2.65. The first kappa shape index (κ1) is 21.0. The zero-order valence-electron chi connectivity index (χ0n) is 12.1. The fraction of sp³-hybridized carbons (Fsp3) is 1.00. The van der Waals surface area contributed by atoms with E-state index >= 15 is 0 Å². The minimum Gasteiger partial charge on any atom is -0.736 e. The van der Waals surface area contributed by atoms with Gasteiger partial charge in [0.15, 0.2) is 10.3 Å². The summed E-state index contributed by atoms with van der Waals surface area (Å²) in [6.45, 7) is 7.00. The Balaban J connectivity index is 0. The van der Waals surface area contributed by atoms with Crippen molar-refractivity contribution in [3.05, 3.63) is 0 Å². The molecule has 0 saturated heterocycles. The monoisotopic (exact) mass is 387 g/mol. The Morgan fingerprint density at radius 1 is 0.889 bits per heavy atom. The topological polar surface area (TPSA) is 83.2 Å². The maximum absolute atomic E-state index is 8.85. The molecule has 2 N–H and O–H groups in total. The van der Waals surface area contributed by atoms with Gasteiger partial charge >= 0.3 is 92.4 Å². The van der Waals surface area contributed by atoms with Gasteiger partial charge in [0.2, 0.25) is 0 Å². The van der Waals surface area contributed by atoms with Crippen molar-refractivity contribution < 1.29 is 13.0 Å². The van der Waals surface area contributed by atoms with Gasteiger partial charge in [-0.15, -0.1) is 0 Å². The minimum atomic E-state index is -4.42. The van der Waals surface area contributed by atoms with Crippen molar-refractivity contribution in [3.8, 4) is 0 Å². The molecule has 0 amide bonds. The van der Waals surface area contributed by atoms with E-state index in [4.69, 9.17) is 13.0 Å². The van der Waals surface area contributed by atoms with Crippen molar-refractivity contribution >= 4 is 30.1 Å². The van der Waals surface area contributed by atoms with Crippen LogP contribution < -0.4 is 5.14 Å². The molecule has 0 rings (SSSR count). The molecule has 6 heteroatoms. The van der Waals surface area contributed by atoms with Gasteiger partial charge in [0, 0.05) is 0 Å². The van der Waals surface area contributed by atoms with Crippen LogP contribution in [-0.2, 0) is 10.3 Å². The number of unbranched alkanes of at least 4 members (excludes halogenated alkanes) is 3. The first-order chi connectivity index (χ1) is 8.35. The minimum absolute atomic E-state index is 0.839. The maximum atomic E-state index is 8.85. The number of hydrogen-bond donors (Lipinski definition) is 1. The smallest absolute Gasteiger partial charge is 0.156 e. The Morgan fingerprint density at radius 2 is 1.11 bits per heavy atom. The van der Waals surface area contributed by atoms with E-state index in [1.54, 1.807) is 13.3 Å². The molecule has 0 unspecified atom stereocenters. The van der Waals surface area contributed by atoms with Gasteiger partial charge < -0.3 is 4.55 Å². The standard InChI is InChI=1S/3C4H9.H3NO3S.Sn/c3*1-3-4-2;1-5(2,3)4;/h3*1,3-4H2,2H3;(H3,1,2,3,4);/q;;;;+1/p-1. The SMILES string of the molecule is CCC[CH2][Sn+]([CH2]CCC)[CH2]CCC.NS(=O)(=O)[O-]. The van der Waals surface area contributed by atoms with Crippen LogP contribution in [0, 0.1) is 0 Å². The fourth-order valence-electron chi connectivity index (χ4n) is 1.66. The molecule has 0 aromatic heterocycles. The second-order valence-corrected chi connectivity index (χ2v) is 14.1. The zero-order chi connectivity index (χ0) is 14.4. The third kappa shape index (κ3) is 25.5. The van der Waals surface area contributed by atoms with E-state index in [9.17, 15) is 0 Å². The second-order valence-electron chi connectivity index (χ2n) is 4.55. The largest absolute Gasteiger partial charge is 0.736 e. The molecule has 0 aromatic rings. The van der Waals surface area contributed by atoms with Crippen LogP contribution in [0.4, 0.5) is 0 Å². The fourth-order valence-corrected chi connectivity index (χ4v) is 11.1. The second kappa shape index (κ2) is 14.1. The van der Waals surface area contributed by atoms with Gasteiger partial charge in [-0.25, -0.2) is 13.6 Å². The van der Waals surface area contributed by atoms with E-state index in [0.29, 0.717) is 0 Å². The van der Waals surface area contributed by atoms with E-state index in [2.05, 4.69) is 25.9 Å². The van der Waals surface area contributed by atoms with Gasteiger partial charge in [-0.05, 0) is 0 Å². The van der Waals surface area contributed by atoms with E-state index in [1.807, 2.05) is 0 Å². The maximum Gasteiger partial charge on any atom is 0.156 e. The van der Waals surface area contributed by atoms with Crippen molar-refractivity contribution in [2.45, 2.75) is 72.6 Å². The summed E-state index contributed by atoms with van der Waals surface area (Å²) in [6, 6.07) is 0. The molecule has 0 radical (unpaired) electrons. The average molecular weight is 386 g/mol. The Labute approximate surface area is 120 Å². The van der Waals surface area contributed by atoms with Crippen LogP contribution in [0.1, 0.15) is 59.3 Å². The van der Waals surface area contributed by atoms with Crippen molar-refractivity contribution in [2.24, 2.45) is 5.14 Å². The van der Waals surface area contributed by atoms with Gasteiger partial charge in [0.05, 0.1) is 0 Å². The molecule has 110 valence electrons. The first-order valence-corrected chi connectivity index (χ1v) is 14.4. The molecule has 0 heterocycles. The molecule has 0 aliphatic heterocycles. The Kier molecular flexibility index (Phi) is 16.4. The van der Waals surface area contributed by atoms with Crippen molar-refractivity contribution in [1.29, 1.82) is 0 Å². The summed E-state index contributed by atoms with van der Waals surface area (Å²) in [5, 5.41) is 3.77.